The van der Waals surface area contributed by atoms with Crippen molar-refractivity contribution in [1.82, 2.24) is 4.98 Å². The highest BCUT2D eigenvalue weighted by atomic mass is 16.5. The largest absolute Gasteiger partial charge is 0.497 e. The number of nitrogens with zero attached hydrogens (tertiary/aromatic N) is 1. The van der Waals surface area contributed by atoms with Crippen LogP contribution in [0.4, 0.5) is 0 Å². The molecule has 0 aliphatic carbocycles. The third-order valence-electron chi connectivity index (χ3n) is 5.45. The Balaban J connectivity index is 1.80. The molecule has 1 heterocycles. The number of aromatic nitrogens is 1. The zero-order valence-electron chi connectivity index (χ0n) is 18.9. The fourth-order valence-corrected chi connectivity index (χ4v) is 3.81. The molecule has 33 heavy (non-hydrogen) atoms. The van der Waals surface area contributed by atoms with E-state index in [1.807, 2.05) is 91.9 Å². The lowest BCUT2D eigenvalue weighted by atomic mass is 9.96. The van der Waals surface area contributed by atoms with Gasteiger partial charge in [0.15, 0.2) is 5.78 Å². The molecule has 4 rings (SSSR count). The van der Waals surface area contributed by atoms with E-state index < -0.39 is 0 Å². The molecule has 0 spiro atoms. The van der Waals surface area contributed by atoms with Crippen LogP contribution >= 0.6 is 0 Å². The van der Waals surface area contributed by atoms with E-state index in [-0.39, 0.29) is 5.78 Å². The summed E-state index contributed by atoms with van der Waals surface area (Å²) in [6, 6.07) is 23.4. The Labute approximate surface area is 193 Å². The van der Waals surface area contributed by atoms with E-state index in [0.717, 1.165) is 27.6 Å². The van der Waals surface area contributed by atoms with Gasteiger partial charge in [-0.2, -0.15) is 0 Å². The van der Waals surface area contributed by atoms with Crippen molar-refractivity contribution in [3.8, 4) is 11.5 Å². The van der Waals surface area contributed by atoms with E-state index in [9.17, 15) is 4.79 Å². The lowest BCUT2D eigenvalue weighted by Crippen LogP contribution is -2.05. The summed E-state index contributed by atoms with van der Waals surface area (Å²) in [5, 5.41) is 0.936. The second-order valence-corrected chi connectivity index (χ2v) is 7.55. The Morgan fingerprint density at radius 3 is 2.36 bits per heavy atom. The number of fused-ring (bicyclic) bond motifs is 1. The fraction of sp³-hybridized carbons (Fsp3) is 0.103. The van der Waals surface area contributed by atoms with Gasteiger partial charge in [0, 0.05) is 16.6 Å². The van der Waals surface area contributed by atoms with Gasteiger partial charge in [-0.25, -0.2) is 0 Å². The Hall–Kier alpha value is -4.18. The van der Waals surface area contributed by atoms with Gasteiger partial charge >= 0.3 is 0 Å². The number of hydrogen-bond donors (Lipinski definition) is 0. The highest BCUT2D eigenvalue weighted by Crippen LogP contribution is 2.28. The highest BCUT2D eigenvalue weighted by Gasteiger charge is 2.16. The van der Waals surface area contributed by atoms with Gasteiger partial charge in [-0.05, 0) is 54.5 Å². The molecule has 0 N–H and O–H groups in total. The molecular weight excluding hydrogens is 410 g/mol. The number of benzene rings is 3. The Bertz CT molecular complexity index is 1350. The first-order chi connectivity index (χ1) is 16.1. The van der Waals surface area contributed by atoms with Crippen molar-refractivity contribution in [1.29, 1.82) is 0 Å². The lowest BCUT2D eigenvalue weighted by molar-refractivity contribution is 0.104. The second-order valence-electron chi connectivity index (χ2n) is 7.55. The topological polar surface area (TPSA) is 48.4 Å². The molecule has 0 saturated carbocycles. The van der Waals surface area contributed by atoms with Gasteiger partial charge in [0.25, 0.3) is 0 Å². The van der Waals surface area contributed by atoms with E-state index in [0.29, 0.717) is 22.8 Å². The van der Waals surface area contributed by atoms with Gasteiger partial charge in [0.05, 0.1) is 25.3 Å². The number of hydrogen-bond acceptors (Lipinski definition) is 4. The zero-order chi connectivity index (χ0) is 23.2. The predicted molar refractivity (Wildman–Crippen MR) is 135 cm³/mol. The molecule has 4 aromatic rings. The number of para-hydroxylation sites is 1. The summed E-state index contributed by atoms with van der Waals surface area (Å²) >= 11 is 0. The summed E-state index contributed by atoms with van der Waals surface area (Å²) in [4.78, 5) is 18.1. The number of ether oxygens (including phenoxy) is 2. The molecule has 0 fully saturated rings. The first-order valence-corrected chi connectivity index (χ1v) is 10.7. The fourth-order valence-electron chi connectivity index (χ4n) is 3.81. The Morgan fingerprint density at radius 2 is 1.61 bits per heavy atom. The van der Waals surface area contributed by atoms with Crippen LogP contribution in [0.25, 0.3) is 29.1 Å². The lowest BCUT2D eigenvalue weighted by Gasteiger charge is -2.11. The third-order valence-corrected chi connectivity index (χ3v) is 5.45. The molecule has 164 valence electrons. The van der Waals surface area contributed by atoms with Gasteiger partial charge in [-0.3, -0.25) is 9.78 Å². The van der Waals surface area contributed by atoms with Crippen LogP contribution in [0, 0.1) is 6.92 Å². The van der Waals surface area contributed by atoms with E-state index in [1.165, 1.54) is 0 Å². The molecule has 4 heteroatoms. The minimum Gasteiger partial charge on any atom is -0.497 e. The molecule has 1 aromatic heterocycles. The molecule has 0 unspecified atom stereocenters. The number of aryl methyl sites for hydroxylation is 1. The van der Waals surface area contributed by atoms with Crippen LogP contribution < -0.4 is 9.47 Å². The summed E-state index contributed by atoms with van der Waals surface area (Å²) in [5.74, 6) is 1.23. The number of rotatable bonds is 7. The highest BCUT2D eigenvalue weighted by molar-refractivity contribution is 6.13. The summed E-state index contributed by atoms with van der Waals surface area (Å²) in [7, 11) is 3.21. The summed E-state index contributed by atoms with van der Waals surface area (Å²) in [5.41, 5.74) is 4.81. The second kappa shape index (κ2) is 9.96. The molecule has 0 saturated heterocycles. The molecule has 0 aliphatic rings. The van der Waals surface area contributed by atoms with Crippen LogP contribution in [0.5, 0.6) is 11.5 Å². The maximum absolute atomic E-state index is 13.4. The minimum absolute atomic E-state index is 0.122. The van der Waals surface area contributed by atoms with Crippen molar-refractivity contribution >= 4 is 34.9 Å². The number of carbonyl (C=O) groups is 1. The van der Waals surface area contributed by atoms with Gasteiger partial charge in [-0.1, -0.05) is 60.7 Å². The van der Waals surface area contributed by atoms with Crippen molar-refractivity contribution in [2.75, 3.05) is 14.2 Å². The van der Waals surface area contributed by atoms with Crippen LogP contribution in [-0.4, -0.2) is 25.0 Å². The van der Waals surface area contributed by atoms with Crippen LogP contribution in [0.2, 0.25) is 0 Å². The first-order valence-electron chi connectivity index (χ1n) is 10.7. The van der Waals surface area contributed by atoms with E-state index >= 15 is 0 Å². The van der Waals surface area contributed by atoms with Crippen LogP contribution in [-0.2, 0) is 0 Å². The van der Waals surface area contributed by atoms with Gasteiger partial charge in [0.2, 0.25) is 0 Å². The summed E-state index contributed by atoms with van der Waals surface area (Å²) in [6.45, 7) is 1.87. The van der Waals surface area contributed by atoms with Crippen molar-refractivity contribution in [3.05, 3.63) is 107 Å². The predicted octanol–water partition coefficient (Wildman–Crippen LogP) is 6.63. The first kappa shape index (κ1) is 22.0. The number of carbonyl (C=O) groups excluding carboxylic acids is 1. The standard InChI is InChI=1S/C29H25NO3/c1-20-29(27(31)17-14-22-19-23(32-2)15-18-28(22)33-3)25(16-13-21-9-5-4-6-10-21)24-11-7-8-12-26(24)30-20/h4-19H,1-3H3/b16-13+,17-14+. The third kappa shape index (κ3) is 4.85. The monoisotopic (exact) mass is 435 g/mol. The van der Waals surface area contributed by atoms with E-state index in [2.05, 4.69) is 0 Å². The van der Waals surface area contributed by atoms with Gasteiger partial charge < -0.3 is 9.47 Å². The molecule has 0 atom stereocenters. The molecule has 3 aromatic carbocycles. The molecule has 0 radical (unpaired) electrons. The number of ketones is 1. The Kier molecular flexibility index (Phi) is 6.65. The summed E-state index contributed by atoms with van der Waals surface area (Å²) in [6.07, 6.45) is 7.34. The molecular formula is C29H25NO3. The average molecular weight is 436 g/mol. The van der Waals surface area contributed by atoms with Crippen LogP contribution in [0.15, 0.2) is 78.9 Å². The maximum Gasteiger partial charge on any atom is 0.188 e. The number of methoxy groups -OCH3 is 2. The quantitative estimate of drug-likeness (QED) is 0.242. The summed E-state index contributed by atoms with van der Waals surface area (Å²) < 4.78 is 10.7. The smallest absolute Gasteiger partial charge is 0.188 e. The zero-order valence-corrected chi connectivity index (χ0v) is 18.9. The van der Waals surface area contributed by atoms with Crippen LogP contribution in [0.3, 0.4) is 0 Å². The number of allylic oxidation sites excluding steroid dienone is 1. The van der Waals surface area contributed by atoms with Gasteiger partial charge in [0.1, 0.15) is 11.5 Å². The minimum atomic E-state index is -0.122. The normalized spacial score (nSPS) is 11.4. The SMILES string of the molecule is COc1ccc(OC)c(/C=C/C(=O)c2c(C)nc3ccccc3c2/C=C/c2ccccc2)c1. The average Bonchev–Trinajstić information content (AvgIpc) is 2.86. The molecule has 0 bridgehead atoms. The maximum atomic E-state index is 13.4. The van der Waals surface area contributed by atoms with E-state index in [1.54, 1.807) is 26.4 Å². The van der Waals surface area contributed by atoms with Crippen molar-refractivity contribution in [3.63, 3.8) is 0 Å². The van der Waals surface area contributed by atoms with E-state index in [4.69, 9.17) is 14.5 Å². The number of pyridine rings is 1. The molecule has 0 amide bonds. The van der Waals surface area contributed by atoms with Crippen LogP contribution in [0.1, 0.15) is 32.7 Å². The molecule has 4 nitrogen and oxygen atoms in total. The molecule has 0 aliphatic heterocycles. The van der Waals surface area contributed by atoms with Crippen molar-refractivity contribution in [2.45, 2.75) is 6.92 Å². The van der Waals surface area contributed by atoms with Crippen molar-refractivity contribution < 1.29 is 14.3 Å². The van der Waals surface area contributed by atoms with Gasteiger partial charge in [-0.15, -0.1) is 0 Å². The Morgan fingerprint density at radius 1 is 0.848 bits per heavy atom. The van der Waals surface area contributed by atoms with Crippen molar-refractivity contribution in [2.24, 2.45) is 0 Å².